The molecule has 0 atom stereocenters. The average molecular weight is 312 g/mol. The van der Waals surface area contributed by atoms with E-state index < -0.39 is 12.0 Å². The van der Waals surface area contributed by atoms with Gasteiger partial charge in [0.1, 0.15) is 5.00 Å². The van der Waals surface area contributed by atoms with E-state index in [2.05, 4.69) is 5.32 Å². The molecule has 0 fully saturated rings. The van der Waals surface area contributed by atoms with E-state index in [4.69, 9.17) is 10.8 Å². The highest BCUT2D eigenvalue weighted by Gasteiger charge is 2.13. The lowest BCUT2D eigenvalue weighted by molar-refractivity contribution is 0.100. The minimum atomic E-state index is -1.21. The fraction of sp³-hybridized carbons (Fsp3) is 0. The number of carbonyl (C=O) groups excluding carboxylic acids is 1. The molecule has 5 nitrogen and oxygen atoms in total. The second kappa shape index (κ2) is 3.92. The van der Waals surface area contributed by atoms with Gasteiger partial charge in [-0.1, -0.05) is 0 Å². The molecule has 0 saturated heterocycles. The molecular formula is C6H5IN2O3S. The number of hydrogen-bond donors (Lipinski definition) is 3. The molecule has 4 N–H and O–H groups in total. The van der Waals surface area contributed by atoms with E-state index in [0.29, 0.717) is 0 Å². The van der Waals surface area contributed by atoms with Crippen LogP contribution in [0.3, 0.4) is 0 Å². The molecule has 0 aliphatic rings. The molecule has 1 rings (SSSR count). The smallest absolute Gasteiger partial charge is 0.409 e. The summed E-state index contributed by atoms with van der Waals surface area (Å²) in [6.07, 6.45) is -1.21. The van der Waals surface area contributed by atoms with E-state index in [0.717, 1.165) is 14.2 Å². The van der Waals surface area contributed by atoms with Gasteiger partial charge in [-0.25, -0.2) is 4.79 Å². The van der Waals surface area contributed by atoms with Crippen molar-refractivity contribution in [3.05, 3.63) is 14.5 Å². The van der Waals surface area contributed by atoms with Crippen LogP contribution >= 0.6 is 33.9 Å². The molecule has 1 aromatic heterocycles. The Morgan fingerprint density at radius 2 is 2.23 bits per heavy atom. The van der Waals surface area contributed by atoms with Gasteiger partial charge in [-0.3, -0.25) is 10.1 Å². The average Bonchev–Trinajstić information content (AvgIpc) is 2.29. The van der Waals surface area contributed by atoms with Gasteiger partial charge < -0.3 is 10.8 Å². The maximum atomic E-state index is 10.8. The number of carboxylic acid groups (broad SMARTS) is 1. The summed E-state index contributed by atoms with van der Waals surface area (Å²) >= 11 is 3.15. The zero-order chi connectivity index (χ0) is 10.0. The van der Waals surface area contributed by atoms with Gasteiger partial charge in [0.05, 0.1) is 8.45 Å². The monoisotopic (exact) mass is 312 g/mol. The van der Waals surface area contributed by atoms with Crippen LogP contribution in [0.25, 0.3) is 0 Å². The van der Waals surface area contributed by atoms with Crippen LogP contribution in [0.2, 0.25) is 0 Å². The molecule has 13 heavy (non-hydrogen) atoms. The summed E-state index contributed by atoms with van der Waals surface area (Å²) in [7, 11) is 0. The molecule has 70 valence electrons. The maximum absolute atomic E-state index is 10.8. The van der Waals surface area contributed by atoms with Crippen molar-refractivity contribution in [1.82, 2.24) is 0 Å². The summed E-state index contributed by atoms with van der Waals surface area (Å²) in [4.78, 5) is 21.1. The van der Waals surface area contributed by atoms with E-state index >= 15 is 0 Å². The lowest BCUT2D eigenvalue weighted by Crippen LogP contribution is -2.14. The minimum Gasteiger partial charge on any atom is -0.465 e. The van der Waals surface area contributed by atoms with Crippen molar-refractivity contribution in [1.29, 1.82) is 0 Å². The van der Waals surface area contributed by atoms with E-state index in [1.165, 1.54) is 0 Å². The van der Waals surface area contributed by atoms with Crippen LogP contribution in [0.4, 0.5) is 9.80 Å². The first-order valence-electron chi connectivity index (χ1n) is 3.10. The van der Waals surface area contributed by atoms with Crippen molar-refractivity contribution in [2.75, 3.05) is 5.32 Å². The summed E-state index contributed by atoms with van der Waals surface area (Å²) < 4.78 is 0.801. The Morgan fingerprint density at radius 3 is 2.69 bits per heavy atom. The zero-order valence-electron chi connectivity index (χ0n) is 6.20. The van der Waals surface area contributed by atoms with E-state index in [9.17, 15) is 9.59 Å². The SMILES string of the molecule is NC(=O)c1cc(I)sc1NC(=O)O. The standard InChI is InChI=1S/C6H5IN2O3S/c7-3-1-2(4(8)10)5(13-3)9-6(11)12/h1,9H,(H2,8,10)(H,11,12). The molecule has 1 heterocycles. The lowest BCUT2D eigenvalue weighted by atomic mass is 10.3. The predicted molar refractivity (Wildman–Crippen MR) is 57.2 cm³/mol. The number of nitrogens with one attached hydrogen (secondary N) is 1. The van der Waals surface area contributed by atoms with Crippen molar-refractivity contribution in [2.24, 2.45) is 5.73 Å². The Balaban J connectivity index is 3.04. The Morgan fingerprint density at radius 1 is 1.62 bits per heavy atom. The van der Waals surface area contributed by atoms with Crippen LogP contribution in [-0.4, -0.2) is 17.1 Å². The van der Waals surface area contributed by atoms with Crippen LogP contribution in [-0.2, 0) is 0 Å². The molecule has 0 unspecified atom stereocenters. The predicted octanol–water partition coefficient (Wildman–Crippen LogP) is 1.54. The summed E-state index contributed by atoms with van der Waals surface area (Å²) in [6.45, 7) is 0. The van der Waals surface area contributed by atoms with Crippen molar-refractivity contribution in [3.63, 3.8) is 0 Å². The highest BCUT2D eigenvalue weighted by molar-refractivity contribution is 14.1. The normalized spacial score (nSPS) is 9.62. The molecule has 2 amide bonds. The number of amides is 2. The van der Waals surface area contributed by atoms with Crippen molar-refractivity contribution in [3.8, 4) is 0 Å². The Kier molecular flexibility index (Phi) is 3.09. The van der Waals surface area contributed by atoms with Gasteiger partial charge >= 0.3 is 6.09 Å². The topological polar surface area (TPSA) is 92.4 Å². The third-order valence-corrected chi connectivity index (χ3v) is 3.00. The molecule has 0 spiro atoms. The van der Waals surface area contributed by atoms with Crippen molar-refractivity contribution >= 4 is 50.9 Å². The number of thiophene rings is 1. The van der Waals surface area contributed by atoms with Crippen molar-refractivity contribution < 1.29 is 14.7 Å². The van der Waals surface area contributed by atoms with Gasteiger partial charge in [-0.15, -0.1) is 11.3 Å². The van der Waals surface area contributed by atoms with Crippen LogP contribution in [0.15, 0.2) is 6.07 Å². The molecule has 7 heteroatoms. The number of primary amides is 1. The van der Waals surface area contributed by atoms with Crippen LogP contribution in [0, 0.1) is 2.88 Å². The molecule has 0 aliphatic heterocycles. The van der Waals surface area contributed by atoms with Gasteiger partial charge in [0.2, 0.25) is 0 Å². The van der Waals surface area contributed by atoms with E-state index in [1.807, 2.05) is 22.6 Å². The fourth-order valence-corrected chi connectivity index (χ4v) is 2.49. The Labute approximate surface area is 91.1 Å². The first-order chi connectivity index (χ1) is 6.00. The molecule has 0 radical (unpaired) electrons. The first-order valence-corrected chi connectivity index (χ1v) is 4.99. The fourth-order valence-electron chi connectivity index (χ4n) is 0.734. The van der Waals surface area contributed by atoms with Gasteiger partial charge in [0, 0.05) is 0 Å². The van der Waals surface area contributed by atoms with Gasteiger partial charge in [0.25, 0.3) is 5.91 Å². The minimum absolute atomic E-state index is 0.205. The van der Waals surface area contributed by atoms with Crippen LogP contribution in [0.5, 0.6) is 0 Å². The number of rotatable bonds is 2. The zero-order valence-corrected chi connectivity index (χ0v) is 9.18. The molecule has 1 aromatic rings. The van der Waals surface area contributed by atoms with Crippen LogP contribution < -0.4 is 11.1 Å². The second-order valence-corrected chi connectivity index (χ2v) is 5.03. The molecular weight excluding hydrogens is 307 g/mol. The summed E-state index contributed by atoms with van der Waals surface area (Å²) in [5.74, 6) is -0.636. The van der Waals surface area contributed by atoms with E-state index in [1.54, 1.807) is 6.07 Å². The second-order valence-electron chi connectivity index (χ2n) is 2.09. The Bertz CT molecular complexity index is 363. The van der Waals surface area contributed by atoms with E-state index in [-0.39, 0.29) is 10.6 Å². The third kappa shape index (κ3) is 2.56. The molecule has 0 aliphatic carbocycles. The highest BCUT2D eigenvalue weighted by Crippen LogP contribution is 2.28. The summed E-state index contributed by atoms with van der Waals surface area (Å²) in [6, 6.07) is 1.54. The van der Waals surface area contributed by atoms with Gasteiger partial charge in [-0.05, 0) is 28.7 Å². The number of hydrogen-bond acceptors (Lipinski definition) is 3. The third-order valence-electron chi connectivity index (χ3n) is 1.19. The first kappa shape index (κ1) is 10.3. The maximum Gasteiger partial charge on any atom is 0.409 e. The largest absolute Gasteiger partial charge is 0.465 e. The molecule has 0 bridgehead atoms. The van der Waals surface area contributed by atoms with Crippen molar-refractivity contribution in [2.45, 2.75) is 0 Å². The van der Waals surface area contributed by atoms with Gasteiger partial charge in [-0.2, -0.15) is 0 Å². The molecule has 0 saturated carbocycles. The Hall–Kier alpha value is -0.830. The number of carbonyl (C=O) groups is 2. The number of halogens is 1. The number of nitrogens with two attached hydrogens (primary N) is 1. The lowest BCUT2D eigenvalue weighted by Gasteiger charge is -1.97. The summed E-state index contributed by atoms with van der Waals surface area (Å²) in [5.41, 5.74) is 5.24. The van der Waals surface area contributed by atoms with Crippen LogP contribution in [0.1, 0.15) is 10.4 Å². The highest BCUT2D eigenvalue weighted by atomic mass is 127. The quantitative estimate of drug-likeness (QED) is 0.723. The molecule has 0 aromatic carbocycles. The van der Waals surface area contributed by atoms with Gasteiger partial charge in [0.15, 0.2) is 0 Å². The number of anilines is 1. The summed E-state index contributed by atoms with van der Waals surface area (Å²) in [5, 5.41) is 10.8.